The average Bonchev–Trinajstić information content (AvgIpc) is 2.58. The van der Waals surface area contributed by atoms with E-state index in [-0.39, 0.29) is 13.3 Å². The number of amides is 1. The van der Waals surface area contributed by atoms with Crippen LogP contribution in [0.25, 0.3) is 0 Å². The molecule has 3 nitrogen and oxygen atoms in total. The van der Waals surface area contributed by atoms with Crippen LogP contribution in [0.3, 0.4) is 0 Å². The minimum Gasteiger partial charge on any atom is -0.359 e. The van der Waals surface area contributed by atoms with Crippen LogP contribution in [-0.2, 0) is 17.6 Å². The van der Waals surface area contributed by atoms with Crippen molar-refractivity contribution in [2.45, 2.75) is 48.0 Å². The van der Waals surface area contributed by atoms with Crippen molar-refractivity contribution in [1.29, 1.82) is 0 Å². The van der Waals surface area contributed by atoms with Gasteiger partial charge < -0.3 is 5.32 Å². The van der Waals surface area contributed by atoms with E-state index in [4.69, 9.17) is 0 Å². The fourth-order valence-electron chi connectivity index (χ4n) is 1.69. The number of benzene rings is 1. The number of nitrogens with one attached hydrogen (secondary N) is 1. The Morgan fingerprint density at radius 3 is 2.13 bits per heavy atom. The van der Waals surface area contributed by atoms with E-state index >= 15 is 0 Å². The van der Waals surface area contributed by atoms with Gasteiger partial charge in [0.1, 0.15) is 0 Å². The Balaban J connectivity index is 0. The lowest BCUT2D eigenvalue weighted by molar-refractivity contribution is -0.119. The van der Waals surface area contributed by atoms with E-state index in [1.165, 1.54) is 5.56 Å². The molecular formula is C20H32N2O. The van der Waals surface area contributed by atoms with Crippen molar-refractivity contribution in [3.8, 4) is 0 Å². The van der Waals surface area contributed by atoms with Gasteiger partial charge in [0, 0.05) is 18.9 Å². The van der Waals surface area contributed by atoms with Crippen LogP contribution in [0.1, 0.15) is 45.0 Å². The Kier molecular flexibility index (Phi) is 14.8. The minimum atomic E-state index is 0. The molecule has 23 heavy (non-hydrogen) atoms. The summed E-state index contributed by atoms with van der Waals surface area (Å²) in [7, 11) is 1.64. The summed E-state index contributed by atoms with van der Waals surface area (Å²) >= 11 is 0. The van der Waals surface area contributed by atoms with Crippen LogP contribution in [-0.4, -0.2) is 17.9 Å². The van der Waals surface area contributed by atoms with Gasteiger partial charge in [-0.15, -0.1) is 0 Å². The number of hydrogen-bond donors (Lipinski definition) is 1. The zero-order valence-corrected chi connectivity index (χ0v) is 14.4. The number of pyridine rings is 1. The van der Waals surface area contributed by atoms with Crippen molar-refractivity contribution in [1.82, 2.24) is 10.3 Å². The first-order valence-electron chi connectivity index (χ1n) is 7.81. The van der Waals surface area contributed by atoms with Crippen LogP contribution in [0, 0.1) is 6.92 Å². The van der Waals surface area contributed by atoms with Gasteiger partial charge in [-0.2, -0.15) is 0 Å². The van der Waals surface area contributed by atoms with Crippen molar-refractivity contribution in [2.75, 3.05) is 7.05 Å². The molecule has 0 bridgehead atoms. The number of carbonyl (C=O) groups excluding carboxylic acids is 1. The maximum Gasteiger partial charge on any atom is 0.224 e. The highest BCUT2D eigenvalue weighted by Crippen LogP contribution is 2.00. The number of nitrogens with zero attached hydrogens (tertiary/aromatic N) is 1. The third-order valence-electron chi connectivity index (χ3n) is 2.86. The summed E-state index contributed by atoms with van der Waals surface area (Å²) in [6, 6.07) is 13.8. The maximum absolute atomic E-state index is 10.9. The molecule has 0 fully saturated rings. The van der Waals surface area contributed by atoms with Gasteiger partial charge in [-0.1, -0.05) is 58.5 Å². The molecule has 0 aliphatic carbocycles. The van der Waals surface area contributed by atoms with Crippen LogP contribution < -0.4 is 5.32 Å². The maximum atomic E-state index is 10.9. The van der Waals surface area contributed by atoms with Gasteiger partial charge in [-0.05, 0) is 36.6 Å². The summed E-state index contributed by atoms with van der Waals surface area (Å²) in [4.78, 5) is 15.0. The largest absolute Gasteiger partial charge is 0.359 e. The van der Waals surface area contributed by atoms with Crippen LogP contribution in [0.2, 0.25) is 0 Å². The van der Waals surface area contributed by atoms with Gasteiger partial charge in [-0.3, -0.25) is 9.78 Å². The first kappa shape index (κ1) is 23.1. The fraction of sp³-hybridized carbons (Fsp3) is 0.400. The lowest BCUT2D eigenvalue weighted by atomic mass is 10.1. The summed E-state index contributed by atoms with van der Waals surface area (Å²) in [5.41, 5.74) is 3.52. The number of aromatic nitrogens is 1. The van der Waals surface area contributed by atoms with Crippen LogP contribution >= 0.6 is 0 Å². The van der Waals surface area contributed by atoms with Crippen LogP contribution in [0.4, 0.5) is 0 Å². The van der Waals surface area contributed by atoms with Crippen molar-refractivity contribution in [3.05, 3.63) is 65.5 Å². The number of rotatable bonds is 3. The Bertz CT molecular complexity index is 524. The summed E-state index contributed by atoms with van der Waals surface area (Å²) < 4.78 is 0. The molecule has 0 aliphatic rings. The second-order valence-corrected chi connectivity index (χ2v) is 4.49. The molecule has 2 aromatic rings. The molecule has 0 saturated heterocycles. The number of hydrogen-bond acceptors (Lipinski definition) is 2. The highest BCUT2D eigenvalue weighted by molar-refractivity contribution is 5.78. The third kappa shape index (κ3) is 11.1. The first-order chi connectivity index (χ1) is 10.7. The summed E-state index contributed by atoms with van der Waals surface area (Å²) in [5.74, 6) is 0.0520. The second-order valence-electron chi connectivity index (χ2n) is 4.49. The topological polar surface area (TPSA) is 42.0 Å². The molecule has 0 spiro atoms. The van der Waals surface area contributed by atoms with Gasteiger partial charge in [0.25, 0.3) is 0 Å². The molecule has 128 valence electrons. The summed E-state index contributed by atoms with van der Waals surface area (Å²) in [6.07, 6.45) is 3.43. The lowest BCUT2D eigenvalue weighted by Gasteiger charge is -1.98. The minimum absolute atomic E-state index is 0. The first-order valence-corrected chi connectivity index (χ1v) is 7.81. The Labute approximate surface area is 142 Å². The number of aryl methyl sites for hydroxylation is 2. The predicted molar refractivity (Wildman–Crippen MR) is 101 cm³/mol. The van der Waals surface area contributed by atoms with Gasteiger partial charge >= 0.3 is 0 Å². The average molecular weight is 316 g/mol. The molecule has 1 heterocycles. The molecule has 2 rings (SSSR count). The molecule has 0 radical (unpaired) electrons. The highest BCUT2D eigenvalue weighted by atomic mass is 16.1. The van der Waals surface area contributed by atoms with E-state index in [1.807, 2.05) is 63.4 Å². The molecule has 1 amide bonds. The SMILES string of the molecule is C.CC.CCc1ccnc(C)c1.CNC(=O)Cc1ccccc1. The molecular weight excluding hydrogens is 284 g/mol. The summed E-state index contributed by atoms with van der Waals surface area (Å²) in [5, 5.41) is 2.57. The molecule has 0 unspecified atom stereocenters. The van der Waals surface area contributed by atoms with Crippen molar-refractivity contribution < 1.29 is 4.79 Å². The fourth-order valence-corrected chi connectivity index (χ4v) is 1.69. The quantitative estimate of drug-likeness (QED) is 0.900. The zero-order chi connectivity index (χ0) is 16.8. The van der Waals surface area contributed by atoms with Gasteiger partial charge in [0.2, 0.25) is 5.91 Å². The normalized spacial score (nSPS) is 8.39. The third-order valence-corrected chi connectivity index (χ3v) is 2.86. The van der Waals surface area contributed by atoms with Crippen LogP contribution in [0.5, 0.6) is 0 Å². The van der Waals surface area contributed by atoms with Gasteiger partial charge in [-0.25, -0.2) is 0 Å². The molecule has 3 heteroatoms. The van der Waals surface area contributed by atoms with Gasteiger partial charge in [0.15, 0.2) is 0 Å². The lowest BCUT2D eigenvalue weighted by Crippen LogP contribution is -2.19. The molecule has 1 N–H and O–H groups in total. The number of carbonyl (C=O) groups is 1. The van der Waals surface area contributed by atoms with Crippen LogP contribution in [0.15, 0.2) is 48.7 Å². The van der Waals surface area contributed by atoms with E-state index in [9.17, 15) is 4.79 Å². The van der Waals surface area contributed by atoms with E-state index in [0.29, 0.717) is 6.42 Å². The van der Waals surface area contributed by atoms with E-state index in [0.717, 1.165) is 17.7 Å². The Morgan fingerprint density at radius 1 is 1.09 bits per heavy atom. The molecule has 0 saturated carbocycles. The monoisotopic (exact) mass is 316 g/mol. The standard InChI is InChI=1S/C9H11NO.C8H11N.C2H6.CH4/c1-10-9(11)7-8-5-3-2-4-6-8;1-3-8-4-5-9-7(2)6-8;1-2;/h2-6H,7H2,1H3,(H,10,11);4-6H,3H2,1-2H3;1-2H3;1H4. The van der Waals surface area contributed by atoms with Crippen molar-refractivity contribution >= 4 is 5.91 Å². The highest BCUT2D eigenvalue weighted by Gasteiger charge is 1.97. The smallest absolute Gasteiger partial charge is 0.224 e. The zero-order valence-electron chi connectivity index (χ0n) is 14.4. The Morgan fingerprint density at radius 2 is 1.70 bits per heavy atom. The molecule has 0 aliphatic heterocycles. The molecule has 1 aromatic carbocycles. The molecule has 0 atom stereocenters. The van der Waals surface area contributed by atoms with Gasteiger partial charge in [0.05, 0.1) is 6.42 Å². The van der Waals surface area contributed by atoms with E-state index in [1.54, 1.807) is 7.05 Å². The van der Waals surface area contributed by atoms with E-state index in [2.05, 4.69) is 23.3 Å². The summed E-state index contributed by atoms with van der Waals surface area (Å²) in [6.45, 7) is 8.16. The van der Waals surface area contributed by atoms with Crippen molar-refractivity contribution in [3.63, 3.8) is 0 Å². The van der Waals surface area contributed by atoms with E-state index < -0.39 is 0 Å². The predicted octanol–water partition coefficient (Wildman–Crippen LogP) is 4.59. The second kappa shape index (κ2) is 14.8. The Hall–Kier alpha value is -2.16. The van der Waals surface area contributed by atoms with Crippen molar-refractivity contribution in [2.24, 2.45) is 0 Å². The number of likely N-dealkylation sites (N-methyl/N-ethyl adjacent to an activating group) is 1. The molecule has 1 aromatic heterocycles.